The van der Waals surface area contributed by atoms with Crippen LogP contribution in [0.4, 0.5) is 11.6 Å². The van der Waals surface area contributed by atoms with E-state index in [1.165, 1.54) is 0 Å². The summed E-state index contributed by atoms with van der Waals surface area (Å²) in [5.74, 6) is -0.717. The van der Waals surface area contributed by atoms with Gasteiger partial charge in [0.05, 0.1) is 21.1 Å². The number of anilines is 1. The van der Waals surface area contributed by atoms with Gasteiger partial charge in [-0.1, -0.05) is 34.5 Å². The second kappa shape index (κ2) is 5.66. The van der Waals surface area contributed by atoms with Crippen LogP contribution in [0.2, 0.25) is 10.0 Å². The zero-order chi connectivity index (χ0) is 16.7. The Hall–Kier alpha value is -2.40. The summed E-state index contributed by atoms with van der Waals surface area (Å²) in [6.45, 7) is 7.13. The number of nitrogen functional groups attached to an aromatic ring is 1. The van der Waals surface area contributed by atoms with Crippen molar-refractivity contribution in [3.05, 3.63) is 44.5 Å². The molecule has 2 heterocycles. The minimum Gasteiger partial charge on any atom is -0.397 e. The Balaban J connectivity index is 2.40. The average molecular weight is 364 g/mol. The standard InChI is InChI=1S/C14H7Cl2N5OS/c1-19-14-20-10(5-2-3-6(15)7(16)4-5)8-9(17)11(12(18)22)23-13(8)21-14/h2-4H,17H2,(H2,18,22). The number of rotatable bonds is 2. The molecule has 0 aliphatic rings. The van der Waals surface area contributed by atoms with E-state index in [9.17, 15) is 4.79 Å². The SMILES string of the molecule is [C-]#[N+]c1nc(-c2ccc(Cl)c(Cl)c2)c2c(N)c(C(N)=O)sc2n1. The van der Waals surface area contributed by atoms with E-state index in [-0.39, 0.29) is 16.5 Å². The number of nitrogens with two attached hydrogens (primary N) is 2. The second-order valence-corrected chi connectivity index (χ2v) is 6.32. The van der Waals surface area contributed by atoms with Crippen molar-refractivity contribution in [2.75, 3.05) is 5.73 Å². The normalized spacial score (nSPS) is 10.7. The van der Waals surface area contributed by atoms with Crippen LogP contribution >= 0.6 is 34.5 Å². The molecule has 3 rings (SSSR count). The van der Waals surface area contributed by atoms with Gasteiger partial charge in [0.2, 0.25) is 0 Å². The van der Waals surface area contributed by atoms with Gasteiger partial charge in [-0.25, -0.2) is 0 Å². The summed E-state index contributed by atoms with van der Waals surface area (Å²) in [7, 11) is 0. The predicted molar refractivity (Wildman–Crippen MR) is 92.1 cm³/mol. The summed E-state index contributed by atoms with van der Waals surface area (Å²) in [6.07, 6.45) is 0. The number of halogens is 2. The molecule has 0 fully saturated rings. The van der Waals surface area contributed by atoms with E-state index >= 15 is 0 Å². The maximum atomic E-state index is 11.5. The summed E-state index contributed by atoms with van der Waals surface area (Å²) < 4.78 is 0. The van der Waals surface area contributed by atoms with Gasteiger partial charge in [-0.2, -0.15) is 0 Å². The number of hydrogen-bond acceptors (Lipinski definition) is 5. The largest absolute Gasteiger partial charge is 0.397 e. The first-order valence-electron chi connectivity index (χ1n) is 6.15. The lowest BCUT2D eigenvalue weighted by Crippen LogP contribution is -2.10. The van der Waals surface area contributed by atoms with Gasteiger partial charge < -0.3 is 16.3 Å². The molecule has 23 heavy (non-hydrogen) atoms. The van der Waals surface area contributed by atoms with E-state index in [2.05, 4.69) is 14.8 Å². The monoisotopic (exact) mass is 363 g/mol. The maximum Gasteiger partial charge on any atom is 0.373 e. The Morgan fingerprint density at radius 3 is 2.61 bits per heavy atom. The van der Waals surface area contributed by atoms with Crippen molar-refractivity contribution < 1.29 is 4.79 Å². The number of hydrogen-bond donors (Lipinski definition) is 2. The van der Waals surface area contributed by atoms with Crippen LogP contribution in [0.15, 0.2) is 18.2 Å². The number of fused-ring (bicyclic) bond motifs is 1. The maximum absolute atomic E-state index is 11.5. The summed E-state index contributed by atoms with van der Waals surface area (Å²) in [6, 6.07) is 4.92. The molecule has 0 bridgehead atoms. The van der Waals surface area contributed by atoms with Gasteiger partial charge in [-0.15, -0.1) is 16.5 Å². The van der Waals surface area contributed by atoms with Crippen LogP contribution in [0.1, 0.15) is 9.67 Å². The van der Waals surface area contributed by atoms with Crippen LogP contribution in [0.25, 0.3) is 26.3 Å². The number of carbonyl (C=O) groups is 1. The minimum absolute atomic E-state index is 0.0594. The lowest BCUT2D eigenvalue weighted by atomic mass is 10.1. The van der Waals surface area contributed by atoms with E-state index < -0.39 is 5.91 Å². The number of aromatic nitrogens is 2. The first kappa shape index (κ1) is 15.5. The van der Waals surface area contributed by atoms with Gasteiger partial charge in [-0.3, -0.25) is 4.79 Å². The van der Waals surface area contributed by atoms with Crippen molar-refractivity contribution in [1.82, 2.24) is 9.97 Å². The fraction of sp³-hybridized carbons (Fsp3) is 0. The highest BCUT2D eigenvalue weighted by Gasteiger charge is 2.23. The Morgan fingerprint density at radius 2 is 2.00 bits per heavy atom. The van der Waals surface area contributed by atoms with E-state index in [4.69, 9.17) is 41.2 Å². The van der Waals surface area contributed by atoms with Gasteiger partial charge in [0.1, 0.15) is 10.6 Å². The number of benzene rings is 1. The highest BCUT2D eigenvalue weighted by Crippen LogP contribution is 2.40. The number of nitrogens with zero attached hydrogens (tertiary/aromatic N) is 3. The van der Waals surface area contributed by atoms with E-state index in [1.807, 2.05) is 0 Å². The molecule has 0 saturated heterocycles. The van der Waals surface area contributed by atoms with Gasteiger partial charge in [-0.05, 0) is 18.2 Å². The van der Waals surface area contributed by atoms with E-state index in [0.717, 1.165) is 11.3 Å². The van der Waals surface area contributed by atoms with Crippen LogP contribution in [0.5, 0.6) is 0 Å². The molecule has 0 atom stereocenters. The van der Waals surface area contributed by atoms with Gasteiger partial charge >= 0.3 is 5.95 Å². The smallest absolute Gasteiger partial charge is 0.373 e. The van der Waals surface area contributed by atoms with Crippen molar-refractivity contribution in [1.29, 1.82) is 0 Å². The van der Waals surface area contributed by atoms with Crippen LogP contribution in [-0.2, 0) is 0 Å². The van der Waals surface area contributed by atoms with Crippen LogP contribution in [0.3, 0.4) is 0 Å². The molecule has 0 radical (unpaired) electrons. The molecule has 0 saturated carbocycles. The third-order valence-corrected chi connectivity index (χ3v) is 4.95. The minimum atomic E-state index is -0.657. The Kier molecular flexibility index (Phi) is 3.82. The summed E-state index contributed by atoms with van der Waals surface area (Å²) in [5.41, 5.74) is 12.6. The number of thiophene rings is 1. The lowest BCUT2D eigenvalue weighted by Gasteiger charge is -2.03. The molecular formula is C14H7Cl2N5OS. The molecule has 0 aliphatic heterocycles. The molecule has 1 aromatic carbocycles. The highest BCUT2D eigenvalue weighted by atomic mass is 35.5. The zero-order valence-electron chi connectivity index (χ0n) is 11.3. The molecule has 4 N–H and O–H groups in total. The van der Waals surface area contributed by atoms with Gasteiger partial charge in [0.25, 0.3) is 5.91 Å². The molecule has 9 heteroatoms. The first-order chi connectivity index (χ1) is 10.9. The Morgan fingerprint density at radius 1 is 1.26 bits per heavy atom. The number of primary amides is 1. The topological polar surface area (TPSA) is 99.2 Å². The molecule has 2 aromatic heterocycles. The van der Waals surface area contributed by atoms with Crippen LogP contribution in [0, 0.1) is 6.57 Å². The number of amides is 1. The van der Waals surface area contributed by atoms with Crippen molar-refractivity contribution in [3.63, 3.8) is 0 Å². The van der Waals surface area contributed by atoms with Crippen molar-refractivity contribution in [2.45, 2.75) is 0 Å². The molecule has 0 unspecified atom stereocenters. The highest BCUT2D eigenvalue weighted by molar-refractivity contribution is 7.21. The lowest BCUT2D eigenvalue weighted by molar-refractivity contribution is 0.100. The molecule has 114 valence electrons. The van der Waals surface area contributed by atoms with Gasteiger partial charge in [0, 0.05) is 5.56 Å². The number of carbonyl (C=O) groups excluding carboxylic acids is 1. The molecular weight excluding hydrogens is 357 g/mol. The molecule has 1 amide bonds. The summed E-state index contributed by atoms with van der Waals surface area (Å²) >= 11 is 13.0. The summed E-state index contributed by atoms with van der Waals surface area (Å²) in [5, 5.41) is 1.20. The third-order valence-electron chi connectivity index (χ3n) is 3.09. The molecule has 3 aromatic rings. The zero-order valence-corrected chi connectivity index (χ0v) is 13.6. The Labute approximate surface area is 144 Å². The second-order valence-electron chi connectivity index (χ2n) is 4.50. The summed E-state index contributed by atoms with van der Waals surface area (Å²) in [4.78, 5) is 23.6. The fourth-order valence-electron chi connectivity index (χ4n) is 2.10. The average Bonchev–Trinajstić information content (AvgIpc) is 2.86. The van der Waals surface area contributed by atoms with Crippen LogP contribution < -0.4 is 11.5 Å². The van der Waals surface area contributed by atoms with E-state index in [0.29, 0.717) is 31.5 Å². The molecule has 0 aliphatic carbocycles. The van der Waals surface area contributed by atoms with E-state index in [1.54, 1.807) is 18.2 Å². The Bertz CT molecular complexity index is 1010. The third kappa shape index (κ3) is 2.57. The van der Waals surface area contributed by atoms with Gasteiger partial charge in [0.15, 0.2) is 4.83 Å². The van der Waals surface area contributed by atoms with Crippen molar-refractivity contribution in [3.8, 4) is 11.3 Å². The fourth-order valence-corrected chi connectivity index (χ4v) is 3.34. The van der Waals surface area contributed by atoms with Crippen molar-refractivity contribution >= 4 is 62.3 Å². The van der Waals surface area contributed by atoms with Crippen LogP contribution in [-0.4, -0.2) is 15.9 Å². The van der Waals surface area contributed by atoms with Crippen molar-refractivity contribution in [2.24, 2.45) is 5.73 Å². The molecule has 0 spiro atoms. The quantitative estimate of drug-likeness (QED) is 0.674. The predicted octanol–water partition coefficient (Wildman–Crippen LogP) is 3.90. The first-order valence-corrected chi connectivity index (χ1v) is 7.72. The molecule has 6 nitrogen and oxygen atoms in total.